The van der Waals surface area contributed by atoms with Crippen LogP contribution in [0.5, 0.6) is 5.75 Å². The van der Waals surface area contributed by atoms with E-state index in [0.717, 1.165) is 16.7 Å². The number of hydrogen-bond acceptors (Lipinski definition) is 3. The molecule has 0 aliphatic rings. The summed E-state index contributed by atoms with van der Waals surface area (Å²) in [6.45, 7) is 2.63. The van der Waals surface area contributed by atoms with Gasteiger partial charge in [0.15, 0.2) is 0 Å². The zero-order valence-electron chi connectivity index (χ0n) is 8.03. The number of benzene rings is 1. The Morgan fingerprint density at radius 2 is 2.21 bits per heavy atom. The largest absolute Gasteiger partial charge is 0.494 e. The summed E-state index contributed by atoms with van der Waals surface area (Å²) in [7, 11) is 0. The number of aromatic nitrogens is 1. The normalized spacial score (nSPS) is 10.4. The van der Waals surface area contributed by atoms with E-state index in [2.05, 4.69) is 4.98 Å². The predicted molar refractivity (Wildman–Crippen MR) is 57.3 cm³/mol. The third-order valence-electron chi connectivity index (χ3n) is 1.99. The lowest BCUT2D eigenvalue weighted by Gasteiger charge is -2.04. The van der Waals surface area contributed by atoms with Crippen LogP contribution in [0.25, 0.3) is 10.9 Å². The van der Waals surface area contributed by atoms with Gasteiger partial charge in [-0.1, -0.05) is 0 Å². The first kappa shape index (κ1) is 8.81. The molecule has 3 heteroatoms. The van der Waals surface area contributed by atoms with Gasteiger partial charge in [-0.05, 0) is 25.1 Å². The van der Waals surface area contributed by atoms with Gasteiger partial charge < -0.3 is 10.5 Å². The number of anilines is 1. The Labute approximate surface area is 82.5 Å². The van der Waals surface area contributed by atoms with Crippen LogP contribution in [0.3, 0.4) is 0 Å². The van der Waals surface area contributed by atoms with Crippen molar-refractivity contribution in [2.24, 2.45) is 0 Å². The Kier molecular flexibility index (Phi) is 2.23. The minimum Gasteiger partial charge on any atom is -0.494 e. The van der Waals surface area contributed by atoms with Crippen molar-refractivity contribution in [1.82, 2.24) is 4.98 Å². The first-order valence-electron chi connectivity index (χ1n) is 4.57. The Bertz CT molecular complexity index is 454. The van der Waals surface area contributed by atoms with E-state index in [1.165, 1.54) is 0 Å². The topological polar surface area (TPSA) is 48.1 Å². The summed E-state index contributed by atoms with van der Waals surface area (Å²) in [6, 6.07) is 7.70. The van der Waals surface area contributed by atoms with E-state index in [4.69, 9.17) is 10.5 Å². The Morgan fingerprint density at radius 3 is 3.00 bits per heavy atom. The first-order chi connectivity index (χ1) is 6.79. The molecule has 0 bridgehead atoms. The lowest BCUT2D eigenvalue weighted by atomic mass is 10.2. The predicted octanol–water partition coefficient (Wildman–Crippen LogP) is 2.22. The summed E-state index contributed by atoms with van der Waals surface area (Å²) >= 11 is 0. The monoisotopic (exact) mass is 188 g/mol. The Balaban J connectivity index is 2.50. The molecule has 0 amide bonds. The van der Waals surface area contributed by atoms with Gasteiger partial charge in [0.05, 0.1) is 24.0 Å². The van der Waals surface area contributed by atoms with Gasteiger partial charge in [0.1, 0.15) is 5.75 Å². The van der Waals surface area contributed by atoms with E-state index < -0.39 is 0 Å². The second-order valence-electron chi connectivity index (χ2n) is 3.06. The van der Waals surface area contributed by atoms with E-state index in [0.29, 0.717) is 12.3 Å². The van der Waals surface area contributed by atoms with Crippen LogP contribution in [0.1, 0.15) is 6.92 Å². The maximum Gasteiger partial charge on any atom is 0.121 e. The summed E-state index contributed by atoms with van der Waals surface area (Å²) in [4.78, 5) is 4.22. The lowest BCUT2D eigenvalue weighted by Crippen LogP contribution is -1.92. The second-order valence-corrected chi connectivity index (χ2v) is 3.06. The molecule has 2 N–H and O–H groups in total. The highest BCUT2D eigenvalue weighted by molar-refractivity contribution is 5.82. The number of rotatable bonds is 2. The van der Waals surface area contributed by atoms with Gasteiger partial charge >= 0.3 is 0 Å². The first-order valence-corrected chi connectivity index (χ1v) is 4.57. The van der Waals surface area contributed by atoms with Crippen LogP contribution in [-0.4, -0.2) is 11.6 Å². The highest BCUT2D eigenvalue weighted by atomic mass is 16.5. The van der Waals surface area contributed by atoms with Gasteiger partial charge in [0.25, 0.3) is 0 Å². The third-order valence-corrected chi connectivity index (χ3v) is 1.99. The number of ether oxygens (including phenoxy) is 1. The van der Waals surface area contributed by atoms with Crippen LogP contribution >= 0.6 is 0 Å². The second kappa shape index (κ2) is 3.54. The molecule has 14 heavy (non-hydrogen) atoms. The Hall–Kier alpha value is -1.77. The fraction of sp³-hybridized carbons (Fsp3) is 0.182. The maximum atomic E-state index is 5.63. The molecule has 0 aliphatic carbocycles. The van der Waals surface area contributed by atoms with E-state index in [1.54, 1.807) is 6.20 Å². The minimum atomic E-state index is 0.667. The minimum absolute atomic E-state index is 0.667. The van der Waals surface area contributed by atoms with Gasteiger partial charge in [-0.3, -0.25) is 4.98 Å². The van der Waals surface area contributed by atoms with Crippen molar-refractivity contribution in [2.45, 2.75) is 6.92 Å². The van der Waals surface area contributed by atoms with Crippen molar-refractivity contribution in [2.75, 3.05) is 12.3 Å². The van der Waals surface area contributed by atoms with Crippen LogP contribution in [0.2, 0.25) is 0 Å². The van der Waals surface area contributed by atoms with Crippen molar-refractivity contribution in [3.63, 3.8) is 0 Å². The number of pyridine rings is 1. The zero-order chi connectivity index (χ0) is 9.97. The van der Waals surface area contributed by atoms with Crippen molar-refractivity contribution in [3.8, 4) is 5.75 Å². The van der Waals surface area contributed by atoms with Gasteiger partial charge in [-0.25, -0.2) is 0 Å². The number of nitrogen functional groups attached to an aromatic ring is 1. The quantitative estimate of drug-likeness (QED) is 0.786. The van der Waals surface area contributed by atoms with Crippen molar-refractivity contribution < 1.29 is 4.74 Å². The SMILES string of the molecule is CCOc1ccc2cc(N)cnc2c1. The smallest absolute Gasteiger partial charge is 0.121 e. The average molecular weight is 188 g/mol. The van der Waals surface area contributed by atoms with Gasteiger partial charge in [0.2, 0.25) is 0 Å². The molecule has 0 spiro atoms. The molecule has 0 saturated carbocycles. The fourth-order valence-corrected chi connectivity index (χ4v) is 1.37. The number of hydrogen-bond donors (Lipinski definition) is 1. The summed E-state index contributed by atoms with van der Waals surface area (Å²) in [6.07, 6.45) is 1.65. The summed E-state index contributed by atoms with van der Waals surface area (Å²) < 4.78 is 5.37. The Morgan fingerprint density at radius 1 is 1.36 bits per heavy atom. The molecule has 0 unspecified atom stereocenters. The highest BCUT2D eigenvalue weighted by Crippen LogP contribution is 2.20. The fourth-order valence-electron chi connectivity index (χ4n) is 1.37. The van der Waals surface area contributed by atoms with Gasteiger partial charge in [-0.2, -0.15) is 0 Å². The maximum absolute atomic E-state index is 5.63. The van der Waals surface area contributed by atoms with Crippen LogP contribution in [0.4, 0.5) is 5.69 Å². The third kappa shape index (κ3) is 1.62. The van der Waals surface area contributed by atoms with E-state index in [1.807, 2.05) is 31.2 Å². The van der Waals surface area contributed by atoms with E-state index >= 15 is 0 Å². The molecule has 0 atom stereocenters. The molecule has 1 aromatic carbocycles. The number of nitrogens with two attached hydrogens (primary N) is 1. The van der Waals surface area contributed by atoms with Crippen LogP contribution < -0.4 is 10.5 Å². The molecule has 72 valence electrons. The summed E-state index contributed by atoms with van der Waals surface area (Å²) in [5.74, 6) is 0.845. The van der Waals surface area contributed by atoms with Gasteiger partial charge in [-0.15, -0.1) is 0 Å². The molecular formula is C11H12N2O. The molecule has 0 aliphatic heterocycles. The van der Waals surface area contributed by atoms with Gasteiger partial charge in [0, 0.05) is 11.5 Å². The van der Waals surface area contributed by atoms with Crippen molar-refractivity contribution in [3.05, 3.63) is 30.5 Å². The molecule has 1 aromatic heterocycles. The average Bonchev–Trinajstić information content (AvgIpc) is 2.19. The van der Waals surface area contributed by atoms with Crippen molar-refractivity contribution in [1.29, 1.82) is 0 Å². The van der Waals surface area contributed by atoms with Crippen LogP contribution in [-0.2, 0) is 0 Å². The van der Waals surface area contributed by atoms with Crippen molar-refractivity contribution >= 4 is 16.6 Å². The number of fused-ring (bicyclic) bond motifs is 1. The van der Waals surface area contributed by atoms with Crippen LogP contribution in [0, 0.1) is 0 Å². The molecule has 2 rings (SSSR count). The van der Waals surface area contributed by atoms with E-state index in [9.17, 15) is 0 Å². The molecule has 3 nitrogen and oxygen atoms in total. The molecular weight excluding hydrogens is 176 g/mol. The van der Waals surface area contributed by atoms with Crippen LogP contribution in [0.15, 0.2) is 30.5 Å². The highest BCUT2D eigenvalue weighted by Gasteiger charge is 1.98. The molecule has 0 radical (unpaired) electrons. The summed E-state index contributed by atoms with van der Waals surface area (Å²) in [5, 5.41) is 1.04. The van der Waals surface area contributed by atoms with E-state index in [-0.39, 0.29) is 0 Å². The number of nitrogens with zero attached hydrogens (tertiary/aromatic N) is 1. The summed E-state index contributed by atoms with van der Waals surface area (Å²) in [5.41, 5.74) is 7.22. The molecule has 2 aromatic rings. The molecule has 0 saturated heterocycles. The standard InChI is InChI=1S/C11H12N2O/c1-2-14-10-4-3-8-5-9(12)7-13-11(8)6-10/h3-7H,2,12H2,1H3. The lowest BCUT2D eigenvalue weighted by molar-refractivity contribution is 0.340. The molecule has 0 fully saturated rings. The zero-order valence-corrected chi connectivity index (χ0v) is 8.03. The molecule has 1 heterocycles.